The second kappa shape index (κ2) is 6.74. The van der Waals surface area contributed by atoms with Gasteiger partial charge in [0.25, 0.3) is 5.91 Å². The first-order valence-corrected chi connectivity index (χ1v) is 6.46. The van der Waals surface area contributed by atoms with Crippen LogP contribution in [0.1, 0.15) is 6.92 Å². The molecule has 1 amide bonds. The molecule has 0 heterocycles. The highest BCUT2D eigenvalue weighted by Gasteiger charge is 2.16. The Labute approximate surface area is 122 Å². The van der Waals surface area contributed by atoms with E-state index in [1.54, 1.807) is 50.4 Å². The zero-order chi connectivity index (χ0) is 15.2. The topological polar surface area (TPSA) is 47.6 Å². The number of ether oxygens (including phenoxy) is 2. The number of methoxy groups -OCH3 is 1. The summed E-state index contributed by atoms with van der Waals surface area (Å²) in [6.07, 6.45) is -0.752. The highest BCUT2D eigenvalue weighted by Crippen LogP contribution is 2.19. The molecule has 0 aromatic heterocycles. The molecule has 0 aliphatic rings. The van der Waals surface area contributed by atoms with Crippen LogP contribution >= 0.6 is 0 Å². The molecule has 5 heteroatoms. The van der Waals surface area contributed by atoms with E-state index >= 15 is 0 Å². The van der Waals surface area contributed by atoms with Crippen molar-refractivity contribution in [3.63, 3.8) is 0 Å². The molecule has 0 saturated heterocycles. The molecule has 0 bridgehead atoms. The number of hydrogen-bond acceptors (Lipinski definition) is 3. The Morgan fingerprint density at radius 1 is 1.10 bits per heavy atom. The molecule has 0 spiro atoms. The van der Waals surface area contributed by atoms with E-state index in [9.17, 15) is 9.18 Å². The lowest BCUT2D eigenvalue weighted by atomic mass is 10.2. The smallest absolute Gasteiger partial charge is 0.265 e. The first kappa shape index (κ1) is 14.8. The summed E-state index contributed by atoms with van der Waals surface area (Å²) in [5, 5.41) is 2.49. The van der Waals surface area contributed by atoms with Gasteiger partial charge in [-0.25, -0.2) is 4.39 Å². The zero-order valence-corrected chi connectivity index (χ0v) is 11.8. The van der Waals surface area contributed by atoms with Gasteiger partial charge in [0.1, 0.15) is 17.3 Å². The summed E-state index contributed by atoms with van der Waals surface area (Å²) in [5.74, 6) is 0.330. The first-order valence-electron chi connectivity index (χ1n) is 6.46. The summed E-state index contributed by atoms with van der Waals surface area (Å²) in [7, 11) is 1.57. The summed E-state index contributed by atoms with van der Waals surface area (Å²) >= 11 is 0. The molecule has 0 saturated carbocycles. The summed E-state index contributed by atoms with van der Waals surface area (Å²) in [6.45, 7) is 1.60. The van der Waals surface area contributed by atoms with Crippen molar-refractivity contribution in [2.45, 2.75) is 13.0 Å². The van der Waals surface area contributed by atoms with E-state index in [2.05, 4.69) is 5.32 Å². The third-order valence-electron chi connectivity index (χ3n) is 2.87. The van der Waals surface area contributed by atoms with E-state index in [-0.39, 0.29) is 5.69 Å². The van der Waals surface area contributed by atoms with Gasteiger partial charge in [-0.3, -0.25) is 4.79 Å². The Balaban J connectivity index is 1.97. The van der Waals surface area contributed by atoms with E-state index in [0.717, 1.165) is 0 Å². The van der Waals surface area contributed by atoms with Crippen LogP contribution < -0.4 is 14.8 Å². The lowest BCUT2D eigenvalue weighted by molar-refractivity contribution is -0.122. The van der Waals surface area contributed by atoms with Gasteiger partial charge in [-0.1, -0.05) is 12.1 Å². The average Bonchev–Trinajstić information content (AvgIpc) is 2.50. The van der Waals surface area contributed by atoms with Crippen LogP contribution in [-0.2, 0) is 4.79 Å². The van der Waals surface area contributed by atoms with Gasteiger partial charge in [-0.15, -0.1) is 0 Å². The first-order chi connectivity index (χ1) is 10.1. The fraction of sp³-hybridized carbons (Fsp3) is 0.188. The highest BCUT2D eigenvalue weighted by atomic mass is 19.1. The maximum Gasteiger partial charge on any atom is 0.265 e. The van der Waals surface area contributed by atoms with Crippen molar-refractivity contribution < 1.29 is 18.7 Å². The number of para-hydroxylation sites is 1. The predicted molar refractivity (Wildman–Crippen MR) is 78.1 cm³/mol. The number of nitrogens with one attached hydrogen (secondary N) is 1. The molecule has 1 N–H and O–H groups in total. The average molecular weight is 289 g/mol. The second-order valence-corrected chi connectivity index (χ2v) is 4.40. The summed E-state index contributed by atoms with van der Waals surface area (Å²) in [4.78, 5) is 12.0. The van der Waals surface area contributed by atoms with Crippen LogP contribution in [0.5, 0.6) is 11.5 Å². The van der Waals surface area contributed by atoms with E-state index in [1.165, 1.54) is 12.1 Å². The minimum atomic E-state index is -0.752. The largest absolute Gasteiger partial charge is 0.497 e. The third kappa shape index (κ3) is 3.95. The number of carbonyl (C=O) groups excluding carboxylic acids is 1. The standard InChI is InChI=1S/C16H16FNO3/c1-11(21-13-9-7-12(20-2)8-10-13)16(19)18-15-6-4-3-5-14(15)17/h3-11H,1-2H3,(H,18,19)/t11-/m1/s1. The molecular formula is C16H16FNO3. The summed E-state index contributed by atoms with van der Waals surface area (Å²) < 4.78 is 24.0. The molecular weight excluding hydrogens is 273 g/mol. The van der Waals surface area contributed by atoms with Gasteiger partial charge in [0.2, 0.25) is 0 Å². The second-order valence-electron chi connectivity index (χ2n) is 4.40. The van der Waals surface area contributed by atoms with Gasteiger partial charge in [0, 0.05) is 0 Å². The molecule has 21 heavy (non-hydrogen) atoms. The van der Waals surface area contributed by atoms with E-state index in [1.807, 2.05) is 0 Å². The lowest BCUT2D eigenvalue weighted by Crippen LogP contribution is -2.30. The predicted octanol–water partition coefficient (Wildman–Crippen LogP) is 3.24. The molecule has 0 aliphatic carbocycles. The van der Waals surface area contributed by atoms with Gasteiger partial charge in [-0.2, -0.15) is 0 Å². The van der Waals surface area contributed by atoms with Crippen molar-refractivity contribution in [1.82, 2.24) is 0 Å². The summed E-state index contributed by atoms with van der Waals surface area (Å²) in [6, 6.07) is 12.8. The lowest BCUT2D eigenvalue weighted by Gasteiger charge is -2.15. The molecule has 1 atom stereocenters. The maximum atomic E-state index is 13.5. The van der Waals surface area contributed by atoms with Crippen LogP contribution in [0.25, 0.3) is 0 Å². The number of halogens is 1. The number of anilines is 1. The molecule has 0 unspecified atom stereocenters. The minimum absolute atomic E-state index is 0.132. The maximum absolute atomic E-state index is 13.5. The van der Waals surface area contributed by atoms with Crippen LogP contribution in [0, 0.1) is 5.82 Å². The minimum Gasteiger partial charge on any atom is -0.497 e. The monoisotopic (exact) mass is 289 g/mol. The Bertz CT molecular complexity index is 613. The number of hydrogen-bond donors (Lipinski definition) is 1. The van der Waals surface area contributed by atoms with E-state index in [4.69, 9.17) is 9.47 Å². The molecule has 0 fully saturated rings. The molecule has 0 aliphatic heterocycles. The fourth-order valence-corrected chi connectivity index (χ4v) is 1.71. The molecule has 2 rings (SSSR count). The zero-order valence-electron chi connectivity index (χ0n) is 11.8. The molecule has 4 nitrogen and oxygen atoms in total. The molecule has 2 aromatic carbocycles. The Morgan fingerprint density at radius 3 is 2.33 bits per heavy atom. The van der Waals surface area contributed by atoms with Crippen LogP contribution in [0.2, 0.25) is 0 Å². The summed E-state index contributed by atoms with van der Waals surface area (Å²) in [5.41, 5.74) is 0.132. The quantitative estimate of drug-likeness (QED) is 0.919. The van der Waals surface area contributed by atoms with Crippen LogP contribution in [-0.4, -0.2) is 19.1 Å². The molecule has 2 aromatic rings. The van der Waals surface area contributed by atoms with E-state index < -0.39 is 17.8 Å². The van der Waals surface area contributed by atoms with Crippen molar-refractivity contribution in [3.05, 3.63) is 54.3 Å². The Hall–Kier alpha value is -2.56. The van der Waals surface area contributed by atoms with Gasteiger partial charge in [0.05, 0.1) is 12.8 Å². The van der Waals surface area contributed by atoms with Crippen molar-refractivity contribution in [2.75, 3.05) is 12.4 Å². The number of amides is 1. The van der Waals surface area contributed by atoms with Crippen LogP contribution in [0.3, 0.4) is 0 Å². The number of benzene rings is 2. The van der Waals surface area contributed by atoms with E-state index in [0.29, 0.717) is 11.5 Å². The van der Waals surface area contributed by atoms with Crippen molar-refractivity contribution in [1.29, 1.82) is 0 Å². The van der Waals surface area contributed by atoms with Crippen molar-refractivity contribution >= 4 is 11.6 Å². The van der Waals surface area contributed by atoms with Crippen molar-refractivity contribution in [2.24, 2.45) is 0 Å². The molecule has 110 valence electrons. The van der Waals surface area contributed by atoms with Gasteiger partial charge in [-0.05, 0) is 43.3 Å². The fourth-order valence-electron chi connectivity index (χ4n) is 1.71. The SMILES string of the molecule is COc1ccc(O[C@H](C)C(=O)Nc2ccccc2F)cc1. The van der Waals surface area contributed by atoms with Crippen LogP contribution in [0.4, 0.5) is 10.1 Å². The third-order valence-corrected chi connectivity index (χ3v) is 2.87. The normalized spacial score (nSPS) is 11.6. The number of carbonyl (C=O) groups is 1. The van der Waals surface area contributed by atoms with Crippen LogP contribution in [0.15, 0.2) is 48.5 Å². The Kier molecular flexibility index (Phi) is 4.77. The van der Waals surface area contributed by atoms with Crippen molar-refractivity contribution in [3.8, 4) is 11.5 Å². The number of rotatable bonds is 5. The van der Waals surface area contributed by atoms with Gasteiger partial charge in [0.15, 0.2) is 6.10 Å². The molecule has 0 radical (unpaired) electrons. The highest BCUT2D eigenvalue weighted by molar-refractivity contribution is 5.94. The van der Waals surface area contributed by atoms with Gasteiger partial charge >= 0.3 is 0 Å². The Morgan fingerprint density at radius 2 is 1.71 bits per heavy atom. The van der Waals surface area contributed by atoms with Gasteiger partial charge < -0.3 is 14.8 Å².